The highest BCUT2D eigenvalue weighted by molar-refractivity contribution is 7.20. The third-order valence-electron chi connectivity index (χ3n) is 6.19. The summed E-state index contributed by atoms with van der Waals surface area (Å²) in [6.07, 6.45) is 0. The zero-order valence-corrected chi connectivity index (χ0v) is 20.2. The first-order valence-electron chi connectivity index (χ1n) is 11.1. The molecule has 6 aromatic rings. The summed E-state index contributed by atoms with van der Waals surface area (Å²) in [5.74, 6) is -0.123. The molecule has 0 atom stereocenters. The van der Waals surface area contributed by atoms with Crippen molar-refractivity contribution in [3.63, 3.8) is 0 Å². The van der Waals surface area contributed by atoms with E-state index in [0.717, 1.165) is 39.2 Å². The number of aromatic nitrogens is 3. The predicted octanol–water partition coefficient (Wildman–Crippen LogP) is 7.43. The molecular weight excluding hydrogens is 464 g/mol. The molecule has 0 spiro atoms. The van der Waals surface area contributed by atoms with Crippen molar-refractivity contribution in [1.29, 1.82) is 0 Å². The number of benzene rings is 3. The number of fused-ring (bicyclic) bond motifs is 4. The lowest BCUT2D eigenvalue weighted by molar-refractivity contribution is 0.103. The van der Waals surface area contributed by atoms with Crippen LogP contribution in [0.15, 0.2) is 72.8 Å². The molecule has 0 aliphatic carbocycles. The van der Waals surface area contributed by atoms with Crippen LogP contribution in [0.2, 0.25) is 5.02 Å². The van der Waals surface area contributed by atoms with Gasteiger partial charge in [0.05, 0.1) is 16.3 Å². The summed E-state index contributed by atoms with van der Waals surface area (Å²) in [4.78, 5) is 14.8. The lowest BCUT2D eigenvalue weighted by Gasteiger charge is -2.06. The van der Waals surface area contributed by atoms with E-state index in [0.29, 0.717) is 9.90 Å². The number of para-hydroxylation sites is 1. The summed E-state index contributed by atoms with van der Waals surface area (Å²) >= 11 is 7.48. The summed E-state index contributed by atoms with van der Waals surface area (Å²) in [5, 5.41) is 11.7. The van der Waals surface area contributed by atoms with Gasteiger partial charge in [-0.25, -0.2) is 4.68 Å². The molecule has 6 rings (SSSR count). The number of anilines is 1. The fourth-order valence-electron chi connectivity index (χ4n) is 4.58. The van der Waals surface area contributed by atoms with Gasteiger partial charge in [-0.2, -0.15) is 5.10 Å². The number of nitrogens with one attached hydrogen (secondary N) is 1. The molecule has 3 aromatic heterocycles. The molecule has 3 aromatic carbocycles. The lowest BCUT2D eigenvalue weighted by atomic mass is 10.1. The van der Waals surface area contributed by atoms with Crippen LogP contribution in [0.5, 0.6) is 0 Å². The van der Waals surface area contributed by atoms with E-state index in [9.17, 15) is 4.79 Å². The third-order valence-corrected chi connectivity index (χ3v) is 7.55. The molecule has 168 valence electrons. The van der Waals surface area contributed by atoms with Crippen molar-refractivity contribution in [1.82, 2.24) is 14.3 Å². The second-order valence-electron chi connectivity index (χ2n) is 8.25. The molecule has 1 N–H and O–H groups in total. The molecule has 0 saturated carbocycles. The first-order valence-corrected chi connectivity index (χ1v) is 12.3. The van der Waals surface area contributed by atoms with Crippen molar-refractivity contribution >= 4 is 66.6 Å². The fourth-order valence-corrected chi connectivity index (χ4v) is 5.79. The third kappa shape index (κ3) is 3.30. The van der Waals surface area contributed by atoms with Gasteiger partial charge < -0.3 is 9.88 Å². The van der Waals surface area contributed by atoms with Crippen molar-refractivity contribution in [3.05, 3.63) is 88.4 Å². The quantitative estimate of drug-likeness (QED) is 0.283. The maximum Gasteiger partial charge on any atom is 0.265 e. The maximum atomic E-state index is 13.2. The maximum absolute atomic E-state index is 13.2. The zero-order valence-electron chi connectivity index (χ0n) is 18.7. The second-order valence-corrected chi connectivity index (χ2v) is 9.72. The second kappa shape index (κ2) is 8.01. The number of halogens is 1. The highest BCUT2D eigenvalue weighted by Crippen LogP contribution is 2.33. The molecule has 5 nitrogen and oxygen atoms in total. The highest BCUT2D eigenvalue weighted by Gasteiger charge is 2.18. The van der Waals surface area contributed by atoms with Gasteiger partial charge >= 0.3 is 0 Å². The zero-order chi connectivity index (χ0) is 23.4. The Labute approximate surface area is 205 Å². The number of hydrogen-bond acceptors (Lipinski definition) is 3. The van der Waals surface area contributed by atoms with Crippen molar-refractivity contribution in [2.75, 3.05) is 5.32 Å². The first kappa shape index (κ1) is 21.0. The lowest BCUT2D eigenvalue weighted by Crippen LogP contribution is -2.10. The van der Waals surface area contributed by atoms with Gasteiger partial charge in [0.1, 0.15) is 4.83 Å². The van der Waals surface area contributed by atoms with Gasteiger partial charge in [0.25, 0.3) is 5.91 Å². The SMILES string of the molecule is CCn1c2ccccc2c2cc(NC(=O)c3cc4c(C)nn(-c5ccc(Cl)cc5)c4s3)ccc21. The molecule has 1 amide bonds. The Morgan fingerprint density at radius 2 is 1.74 bits per heavy atom. The summed E-state index contributed by atoms with van der Waals surface area (Å²) < 4.78 is 4.17. The van der Waals surface area contributed by atoms with E-state index in [-0.39, 0.29) is 5.91 Å². The van der Waals surface area contributed by atoms with E-state index in [4.69, 9.17) is 11.6 Å². The number of aryl methyl sites for hydroxylation is 2. The topological polar surface area (TPSA) is 51.9 Å². The van der Waals surface area contributed by atoms with Crippen molar-refractivity contribution < 1.29 is 4.79 Å². The van der Waals surface area contributed by atoms with Gasteiger partial charge in [-0.1, -0.05) is 29.8 Å². The van der Waals surface area contributed by atoms with Crippen LogP contribution in [-0.4, -0.2) is 20.3 Å². The Hall–Kier alpha value is -3.61. The van der Waals surface area contributed by atoms with Gasteiger partial charge in [-0.05, 0) is 68.4 Å². The normalized spacial score (nSPS) is 11.6. The predicted molar refractivity (Wildman–Crippen MR) is 142 cm³/mol. The van der Waals surface area contributed by atoms with Crippen LogP contribution in [0.4, 0.5) is 5.69 Å². The number of rotatable bonds is 4. The van der Waals surface area contributed by atoms with Gasteiger partial charge in [0.15, 0.2) is 0 Å². The van der Waals surface area contributed by atoms with Gasteiger partial charge in [0.2, 0.25) is 0 Å². The van der Waals surface area contributed by atoms with Gasteiger partial charge in [-0.3, -0.25) is 4.79 Å². The van der Waals surface area contributed by atoms with Crippen LogP contribution in [0.1, 0.15) is 22.3 Å². The summed E-state index contributed by atoms with van der Waals surface area (Å²) in [7, 11) is 0. The number of amides is 1. The van der Waals surface area contributed by atoms with Crippen LogP contribution in [0, 0.1) is 6.92 Å². The Kier molecular flexibility index (Phi) is 4.94. The van der Waals surface area contributed by atoms with Crippen LogP contribution in [0.25, 0.3) is 37.7 Å². The monoisotopic (exact) mass is 484 g/mol. The van der Waals surface area contributed by atoms with Crippen LogP contribution in [-0.2, 0) is 6.54 Å². The minimum Gasteiger partial charge on any atom is -0.341 e. The van der Waals surface area contributed by atoms with E-state index >= 15 is 0 Å². The van der Waals surface area contributed by atoms with Crippen LogP contribution >= 0.6 is 22.9 Å². The minimum atomic E-state index is -0.123. The standard InChI is InChI=1S/C27H21ClN4OS/c1-3-31-23-7-5-4-6-20(23)22-14-18(10-13-24(22)31)29-26(33)25-15-21-16(2)30-32(27(21)34-25)19-11-8-17(28)9-12-19/h4-15H,3H2,1-2H3,(H,29,33). The smallest absolute Gasteiger partial charge is 0.265 e. The molecule has 0 saturated heterocycles. The molecule has 0 unspecified atom stereocenters. The van der Waals surface area contributed by atoms with Gasteiger partial charge in [0, 0.05) is 44.4 Å². The number of carbonyl (C=O) groups is 1. The number of thiophene rings is 1. The Balaban J connectivity index is 1.36. The molecule has 0 aliphatic rings. The molecular formula is C27H21ClN4OS. The van der Waals surface area contributed by atoms with Crippen LogP contribution < -0.4 is 5.32 Å². The highest BCUT2D eigenvalue weighted by atomic mass is 35.5. The van der Waals surface area contributed by atoms with E-state index in [1.54, 1.807) is 0 Å². The Morgan fingerprint density at radius 3 is 2.53 bits per heavy atom. The summed E-state index contributed by atoms with van der Waals surface area (Å²) in [5.41, 5.74) is 4.95. The molecule has 3 heterocycles. The summed E-state index contributed by atoms with van der Waals surface area (Å²) in [6, 6.07) is 24.0. The fraction of sp³-hybridized carbons (Fsp3) is 0.111. The average Bonchev–Trinajstić information content (AvgIpc) is 3.51. The molecule has 0 radical (unpaired) electrons. The molecule has 34 heavy (non-hydrogen) atoms. The van der Waals surface area contributed by atoms with Crippen LogP contribution in [0.3, 0.4) is 0 Å². The van der Waals surface area contributed by atoms with E-state index in [1.807, 2.05) is 48.0 Å². The van der Waals surface area contributed by atoms with E-state index in [2.05, 4.69) is 58.3 Å². The molecule has 0 bridgehead atoms. The molecule has 0 aliphatic heterocycles. The van der Waals surface area contributed by atoms with E-state index in [1.165, 1.54) is 27.8 Å². The Bertz CT molecular complexity index is 1710. The number of hydrogen-bond donors (Lipinski definition) is 1. The average molecular weight is 485 g/mol. The Morgan fingerprint density at radius 1 is 0.971 bits per heavy atom. The van der Waals surface area contributed by atoms with Gasteiger partial charge in [-0.15, -0.1) is 11.3 Å². The van der Waals surface area contributed by atoms with Crippen molar-refractivity contribution in [2.45, 2.75) is 20.4 Å². The molecule has 7 heteroatoms. The summed E-state index contributed by atoms with van der Waals surface area (Å²) in [6.45, 7) is 5.00. The number of nitrogens with zero attached hydrogens (tertiary/aromatic N) is 3. The molecule has 0 fully saturated rings. The first-order chi connectivity index (χ1) is 16.5. The number of carbonyl (C=O) groups excluding carboxylic acids is 1. The minimum absolute atomic E-state index is 0.123. The van der Waals surface area contributed by atoms with Crippen molar-refractivity contribution in [3.8, 4) is 5.69 Å². The van der Waals surface area contributed by atoms with E-state index < -0.39 is 0 Å². The largest absolute Gasteiger partial charge is 0.341 e. The van der Waals surface area contributed by atoms with Crippen molar-refractivity contribution in [2.24, 2.45) is 0 Å².